The molecule has 1 atom stereocenters. The summed E-state index contributed by atoms with van der Waals surface area (Å²) >= 11 is 0. The number of hydrogen-bond acceptors (Lipinski definition) is 7. The van der Waals surface area contributed by atoms with E-state index in [9.17, 15) is 14.9 Å². The van der Waals surface area contributed by atoms with Crippen LogP contribution in [0.15, 0.2) is 24.4 Å². The first-order valence-electron chi connectivity index (χ1n) is 11.8. The number of anilines is 3. The van der Waals surface area contributed by atoms with Gasteiger partial charge in [0, 0.05) is 56.1 Å². The Balaban J connectivity index is 1.17. The molecule has 4 aliphatic rings. The summed E-state index contributed by atoms with van der Waals surface area (Å²) in [6.45, 7) is 3.43. The number of likely N-dealkylation sites (tertiary alicyclic amines) is 1. The lowest BCUT2D eigenvalue weighted by atomic mass is 9.83. The van der Waals surface area contributed by atoms with Crippen LogP contribution in [-0.2, 0) is 16.6 Å². The van der Waals surface area contributed by atoms with Crippen molar-refractivity contribution in [1.29, 1.82) is 5.26 Å². The molecule has 4 fully saturated rings. The average Bonchev–Trinajstić information content (AvgIpc) is 3.31. The SMILES string of the molecule is Cn1nc(Nc2cc(N3CC[C@@](C#N)(C4CC4)C3=O)ccn2)cc1C(=O)N1CCC2(COC2)C1. The van der Waals surface area contributed by atoms with Gasteiger partial charge in [-0.25, -0.2) is 4.98 Å². The maximum atomic E-state index is 13.1. The second-order valence-corrected chi connectivity index (χ2v) is 10.1. The van der Waals surface area contributed by atoms with Gasteiger partial charge in [-0.3, -0.25) is 14.3 Å². The third-order valence-corrected chi connectivity index (χ3v) is 7.78. The smallest absolute Gasteiger partial charge is 0.272 e. The van der Waals surface area contributed by atoms with Crippen molar-refractivity contribution in [1.82, 2.24) is 19.7 Å². The summed E-state index contributed by atoms with van der Waals surface area (Å²) in [6, 6.07) is 7.62. The van der Waals surface area contributed by atoms with Crippen LogP contribution in [0.5, 0.6) is 0 Å². The molecule has 0 aromatic carbocycles. The molecule has 1 N–H and O–H groups in total. The molecule has 10 heteroatoms. The zero-order valence-corrected chi connectivity index (χ0v) is 19.2. The number of rotatable bonds is 5. The molecule has 0 bridgehead atoms. The Morgan fingerprint density at radius 2 is 2.06 bits per heavy atom. The minimum absolute atomic E-state index is 0.0379. The predicted octanol–water partition coefficient (Wildman–Crippen LogP) is 2.08. The highest BCUT2D eigenvalue weighted by atomic mass is 16.5. The van der Waals surface area contributed by atoms with E-state index < -0.39 is 5.41 Å². The molecule has 1 aliphatic carbocycles. The second kappa shape index (κ2) is 7.53. The summed E-state index contributed by atoms with van der Waals surface area (Å²) in [5.74, 6) is 1.06. The first kappa shape index (κ1) is 21.1. The van der Waals surface area contributed by atoms with Gasteiger partial charge < -0.3 is 19.9 Å². The number of amides is 2. The maximum absolute atomic E-state index is 13.1. The standard InChI is InChI=1S/C24H27N7O3/c1-29-18(21(32)30-8-5-23(13-30)14-34-15-23)11-20(28-29)27-19-10-17(4-7-26-19)31-9-6-24(12-25,22(31)33)16-2-3-16/h4,7,10-11,16H,2-3,5-6,8-9,13-15H2,1H3,(H,26,27,28)/t24-/m1/s1. The highest BCUT2D eigenvalue weighted by Crippen LogP contribution is 2.52. The van der Waals surface area contributed by atoms with Crippen molar-refractivity contribution in [2.75, 3.05) is 43.1 Å². The van der Waals surface area contributed by atoms with Gasteiger partial charge in [-0.1, -0.05) is 0 Å². The summed E-state index contributed by atoms with van der Waals surface area (Å²) in [4.78, 5) is 34.1. The molecule has 10 nitrogen and oxygen atoms in total. The van der Waals surface area contributed by atoms with Gasteiger partial charge in [0.05, 0.1) is 19.3 Å². The van der Waals surface area contributed by atoms with Gasteiger partial charge >= 0.3 is 0 Å². The lowest BCUT2D eigenvalue weighted by Gasteiger charge is -2.37. The monoisotopic (exact) mass is 461 g/mol. The summed E-state index contributed by atoms with van der Waals surface area (Å²) in [6.07, 6.45) is 5.06. The number of nitrogens with one attached hydrogen (secondary N) is 1. The van der Waals surface area contributed by atoms with Crippen molar-refractivity contribution < 1.29 is 14.3 Å². The van der Waals surface area contributed by atoms with Crippen molar-refractivity contribution in [3.05, 3.63) is 30.1 Å². The second-order valence-electron chi connectivity index (χ2n) is 10.1. The van der Waals surface area contributed by atoms with Gasteiger partial charge in [0.2, 0.25) is 5.91 Å². The zero-order valence-electron chi connectivity index (χ0n) is 19.2. The number of carbonyl (C=O) groups is 2. The van der Waals surface area contributed by atoms with E-state index in [1.54, 1.807) is 41.0 Å². The molecular weight excluding hydrogens is 434 g/mol. The molecule has 3 saturated heterocycles. The molecule has 2 aromatic rings. The van der Waals surface area contributed by atoms with E-state index in [0.29, 0.717) is 36.0 Å². The van der Waals surface area contributed by atoms with Gasteiger partial charge in [-0.2, -0.15) is 10.4 Å². The molecule has 1 saturated carbocycles. The largest absolute Gasteiger partial charge is 0.380 e. The molecule has 6 rings (SSSR count). The Labute approximate surface area is 197 Å². The first-order valence-corrected chi connectivity index (χ1v) is 11.8. The zero-order chi connectivity index (χ0) is 23.5. The van der Waals surface area contributed by atoms with Crippen LogP contribution in [0.3, 0.4) is 0 Å². The Hall–Kier alpha value is -3.45. The lowest BCUT2D eigenvalue weighted by Crippen LogP contribution is -2.45. The van der Waals surface area contributed by atoms with Gasteiger partial charge in [-0.05, 0) is 37.7 Å². The maximum Gasteiger partial charge on any atom is 0.272 e. The molecule has 0 radical (unpaired) electrons. The Kier molecular flexibility index (Phi) is 4.68. The van der Waals surface area contributed by atoms with E-state index >= 15 is 0 Å². The van der Waals surface area contributed by atoms with Gasteiger partial charge in [0.15, 0.2) is 5.82 Å². The first-order chi connectivity index (χ1) is 16.4. The van der Waals surface area contributed by atoms with Crippen molar-refractivity contribution in [2.45, 2.75) is 25.7 Å². The molecule has 5 heterocycles. The van der Waals surface area contributed by atoms with Gasteiger partial charge in [0.25, 0.3) is 5.91 Å². The van der Waals surface area contributed by atoms with E-state index in [2.05, 4.69) is 21.5 Å². The minimum atomic E-state index is -0.882. The molecule has 34 heavy (non-hydrogen) atoms. The predicted molar refractivity (Wildman–Crippen MR) is 122 cm³/mol. The normalized spacial score (nSPS) is 25.5. The molecule has 0 unspecified atom stereocenters. The van der Waals surface area contributed by atoms with Crippen molar-refractivity contribution in [3.63, 3.8) is 0 Å². The van der Waals surface area contributed by atoms with Gasteiger partial charge in [-0.15, -0.1) is 0 Å². The quantitative estimate of drug-likeness (QED) is 0.725. The summed E-state index contributed by atoms with van der Waals surface area (Å²) < 4.78 is 6.94. The third kappa shape index (κ3) is 3.26. The number of hydrogen-bond donors (Lipinski definition) is 1. The Bertz CT molecular complexity index is 1210. The number of pyridine rings is 1. The summed E-state index contributed by atoms with van der Waals surface area (Å²) in [7, 11) is 1.75. The van der Waals surface area contributed by atoms with E-state index in [1.165, 1.54) is 0 Å². The van der Waals surface area contributed by atoms with E-state index in [1.807, 2.05) is 4.90 Å². The molecule has 2 aromatic heterocycles. The van der Waals surface area contributed by atoms with Crippen LogP contribution in [-0.4, -0.2) is 64.3 Å². The van der Waals surface area contributed by atoms with Crippen LogP contribution >= 0.6 is 0 Å². The Morgan fingerprint density at radius 3 is 2.74 bits per heavy atom. The van der Waals surface area contributed by atoms with Crippen LogP contribution in [0, 0.1) is 28.1 Å². The number of aromatic nitrogens is 3. The lowest BCUT2D eigenvalue weighted by molar-refractivity contribution is -0.123. The number of carbonyl (C=O) groups excluding carboxylic acids is 2. The number of ether oxygens (including phenoxy) is 1. The number of nitrogens with zero attached hydrogens (tertiary/aromatic N) is 6. The fourth-order valence-electron chi connectivity index (χ4n) is 5.55. The summed E-state index contributed by atoms with van der Waals surface area (Å²) in [5.41, 5.74) is 0.467. The summed E-state index contributed by atoms with van der Waals surface area (Å²) in [5, 5.41) is 17.3. The fourth-order valence-corrected chi connectivity index (χ4v) is 5.55. The van der Waals surface area contributed by atoms with Crippen molar-refractivity contribution in [2.24, 2.45) is 23.8 Å². The van der Waals surface area contributed by atoms with Crippen LogP contribution in [0.25, 0.3) is 0 Å². The highest BCUT2D eigenvalue weighted by molar-refractivity contribution is 6.02. The number of nitriles is 1. The third-order valence-electron chi connectivity index (χ3n) is 7.78. The molecule has 2 amide bonds. The molecule has 176 valence electrons. The minimum Gasteiger partial charge on any atom is -0.380 e. The van der Waals surface area contributed by atoms with Crippen LogP contribution in [0.4, 0.5) is 17.3 Å². The van der Waals surface area contributed by atoms with E-state index in [0.717, 1.165) is 45.6 Å². The van der Waals surface area contributed by atoms with Crippen molar-refractivity contribution in [3.8, 4) is 6.07 Å². The highest BCUT2D eigenvalue weighted by Gasteiger charge is 2.56. The molecule has 3 aliphatic heterocycles. The van der Waals surface area contributed by atoms with Gasteiger partial charge in [0.1, 0.15) is 16.9 Å². The fraction of sp³-hybridized carbons (Fsp3) is 0.542. The Morgan fingerprint density at radius 1 is 1.24 bits per heavy atom. The molecular formula is C24H27N7O3. The topological polar surface area (TPSA) is 116 Å². The van der Waals surface area contributed by atoms with Crippen LogP contribution < -0.4 is 10.2 Å². The van der Waals surface area contributed by atoms with Crippen LogP contribution in [0.2, 0.25) is 0 Å². The molecule has 1 spiro atoms. The average molecular weight is 462 g/mol. The van der Waals surface area contributed by atoms with Crippen LogP contribution in [0.1, 0.15) is 36.2 Å². The van der Waals surface area contributed by atoms with Crippen molar-refractivity contribution >= 4 is 29.1 Å². The van der Waals surface area contributed by atoms with E-state index in [-0.39, 0.29) is 23.1 Å². The van der Waals surface area contributed by atoms with E-state index in [4.69, 9.17) is 4.74 Å². The number of aryl methyl sites for hydroxylation is 1.